The third-order valence-corrected chi connectivity index (χ3v) is 3.75. The van der Waals surface area contributed by atoms with Crippen molar-refractivity contribution in [3.63, 3.8) is 0 Å². The molecule has 3 rings (SSSR count). The molecule has 0 radical (unpaired) electrons. The molecule has 5 nitrogen and oxygen atoms in total. The fourth-order valence-corrected chi connectivity index (χ4v) is 2.52. The second-order valence-electron chi connectivity index (χ2n) is 5.30. The first-order valence-electron chi connectivity index (χ1n) is 6.87. The number of aromatic carboxylic acids is 1. The van der Waals surface area contributed by atoms with Crippen molar-refractivity contribution in [2.45, 2.75) is 12.5 Å². The van der Waals surface area contributed by atoms with Gasteiger partial charge in [-0.1, -0.05) is 6.07 Å². The molecule has 0 amide bonds. The number of halogens is 1. The largest absolute Gasteiger partial charge is 0.478 e. The van der Waals surface area contributed by atoms with Crippen LogP contribution in [0.3, 0.4) is 0 Å². The van der Waals surface area contributed by atoms with E-state index in [0.29, 0.717) is 16.5 Å². The number of nitrogens with zero attached hydrogens (tertiary/aromatic N) is 2. The number of fused-ring (bicyclic) bond motifs is 1. The Labute approximate surface area is 131 Å². The van der Waals surface area contributed by atoms with Gasteiger partial charge in [0.05, 0.1) is 11.1 Å². The first-order valence-corrected chi connectivity index (χ1v) is 6.87. The van der Waals surface area contributed by atoms with Crippen LogP contribution in [0.15, 0.2) is 48.8 Å². The van der Waals surface area contributed by atoms with Gasteiger partial charge in [0.2, 0.25) is 0 Å². The van der Waals surface area contributed by atoms with E-state index < -0.39 is 17.4 Å². The molecule has 0 aliphatic carbocycles. The van der Waals surface area contributed by atoms with Crippen molar-refractivity contribution in [3.05, 3.63) is 71.4 Å². The lowest BCUT2D eigenvalue weighted by Crippen LogP contribution is -2.25. The number of carboxylic acid groups (broad SMARTS) is 1. The van der Waals surface area contributed by atoms with E-state index in [9.17, 15) is 19.4 Å². The number of benzene rings is 1. The quantitative estimate of drug-likeness (QED) is 0.777. The Hall–Kier alpha value is -2.86. The minimum absolute atomic E-state index is 0.0640. The lowest BCUT2D eigenvalue weighted by Gasteiger charge is -2.24. The Morgan fingerprint density at radius 2 is 1.96 bits per heavy atom. The Bertz CT molecular complexity index is 909. The standard InChI is InChI=1S/C17H13FN2O3/c1-17(23,15-13(18)3-2-7-20-15)10-4-5-14-12(9-10)11(16(21)22)6-8-19-14/h2-9,23H,1H3,(H,21,22). The molecule has 1 aromatic carbocycles. The van der Waals surface area contributed by atoms with E-state index in [0.717, 1.165) is 0 Å². The molecule has 0 fully saturated rings. The first-order chi connectivity index (χ1) is 10.9. The molecule has 6 heteroatoms. The van der Waals surface area contributed by atoms with E-state index in [-0.39, 0.29) is 11.3 Å². The Morgan fingerprint density at radius 3 is 2.65 bits per heavy atom. The number of aromatic nitrogens is 2. The van der Waals surface area contributed by atoms with Crippen molar-refractivity contribution in [3.8, 4) is 0 Å². The average Bonchev–Trinajstić information content (AvgIpc) is 2.53. The second-order valence-corrected chi connectivity index (χ2v) is 5.30. The summed E-state index contributed by atoms with van der Waals surface area (Å²) in [5.41, 5.74) is -0.955. The summed E-state index contributed by atoms with van der Waals surface area (Å²) in [6.45, 7) is 1.41. The molecule has 0 aliphatic heterocycles. The summed E-state index contributed by atoms with van der Waals surface area (Å²) in [5.74, 6) is -1.74. The normalized spacial score (nSPS) is 13.7. The average molecular weight is 312 g/mol. The van der Waals surface area contributed by atoms with Gasteiger partial charge in [0.15, 0.2) is 0 Å². The Kier molecular flexibility index (Phi) is 3.54. The van der Waals surface area contributed by atoms with Gasteiger partial charge in [-0.05, 0) is 42.8 Å². The van der Waals surface area contributed by atoms with Gasteiger partial charge in [-0.3, -0.25) is 9.97 Å². The van der Waals surface area contributed by atoms with Gasteiger partial charge in [-0.25, -0.2) is 9.18 Å². The highest BCUT2D eigenvalue weighted by atomic mass is 19.1. The highest BCUT2D eigenvalue weighted by molar-refractivity contribution is 6.02. The number of hydrogen-bond acceptors (Lipinski definition) is 4. The van der Waals surface area contributed by atoms with Crippen LogP contribution in [-0.4, -0.2) is 26.2 Å². The molecule has 23 heavy (non-hydrogen) atoms. The van der Waals surface area contributed by atoms with Crippen LogP contribution in [0.4, 0.5) is 4.39 Å². The number of pyridine rings is 2. The molecule has 1 unspecified atom stereocenters. The summed E-state index contributed by atoms with van der Waals surface area (Å²) in [5, 5.41) is 20.4. The zero-order chi connectivity index (χ0) is 16.6. The molecule has 0 bridgehead atoms. The number of carbonyl (C=O) groups is 1. The van der Waals surface area contributed by atoms with Crippen molar-refractivity contribution in [1.29, 1.82) is 0 Å². The molecular formula is C17H13FN2O3. The third kappa shape index (κ3) is 2.53. The maximum absolute atomic E-state index is 14.0. The molecule has 1 atom stereocenters. The highest BCUT2D eigenvalue weighted by Crippen LogP contribution is 2.31. The van der Waals surface area contributed by atoms with Crippen LogP contribution in [0.25, 0.3) is 10.9 Å². The van der Waals surface area contributed by atoms with Crippen molar-refractivity contribution in [2.75, 3.05) is 0 Å². The summed E-state index contributed by atoms with van der Waals surface area (Å²) in [6.07, 6.45) is 2.79. The van der Waals surface area contributed by atoms with Crippen molar-refractivity contribution >= 4 is 16.9 Å². The maximum atomic E-state index is 14.0. The third-order valence-electron chi connectivity index (χ3n) is 3.75. The summed E-state index contributed by atoms with van der Waals surface area (Å²) in [6, 6.07) is 8.69. The lowest BCUT2D eigenvalue weighted by molar-refractivity contribution is 0.0698. The summed E-state index contributed by atoms with van der Waals surface area (Å²) < 4.78 is 14.0. The van der Waals surface area contributed by atoms with Crippen LogP contribution in [0.2, 0.25) is 0 Å². The second kappa shape index (κ2) is 5.40. The predicted octanol–water partition coefficient (Wildman–Crippen LogP) is 2.72. The van der Waals surface area contributed by atoms with Gasteiger partial charge in [-0.2, -0.15) is 0 Å². The van der Waals surface area contributed by atoms with E-state index >= 15 is 0 Å². The van der Waals surface area contributed by atoms with Crippen LogP contribution in [0.1, 0.15) is 28.5 Å². The van der Waals surface area contributed by atoms with Crippen molar-refractivity contribution < 1.29 is 19.4 Å². The van der Waals surface area contributed by atoms with Gasteiger partial charge in [0, 0.05) is 17.8 Å². The van der Waals surface area contributed by atoms with Gasteiger partial charge < -0.3 is 10.2 Å². The molecule has 3 aromatic rings. The summed E-state index contributed by atoms with van der Waals surface area (Å²) in [7, 11) is 0. The van der Waals surface area contributed by atoms with E-state index in [4.69, 9.17) is 0 Å². The number of carboxylic acids is 1. The number of hydrogen-bond donors (Lipinski definition) is 2. The lowest BCUT2D eigenvalue weighted by atomic mass is 9.90. The zero-order valence-electron chi connectivity index (χ0n) is 12.2. The molecular weight excluding hydrogens is 299 g/mol. The molecule has 0 saturated heterocycles. The molecule has 2 heterocycles. The monoisotopic (exact) mass is 312 g/mol. The van der Waals surface area contributed by atoms with E-state index in [1.807, 2.05) is 0 Å². The number of rotatable bonds is 3. The van der Waals surface area contributed by atoms with Crippen molar-refractivity contribution in [2.24, 2.45) is 0 Å². The SMILES string of the molecule is CC(O)(c1ccc2nccc(C(=O)O)c2c1)c1ncccc1F. The molecule has 0 aliphatic rings. The molecule has 0 spiro atoms. The minimum Gasteiger partial charge on any atom is -0.478 e. The first kappa shape index (κ1) is 15.1. The van der Waals surface area contributed by atoms with Gasteiger partial charge in [-0.15, -0.1) is 0 Å². The molecule has 116 valence electrons. The van der Waals surface area contributed by atoms with Crippen LogP contribution in [0.5, 0.6) is 0 Å². The predicted molar refractivity (Wildman–Crippen MR) is 81.6 cm³/mol. The highest BCUT2D eigenvalue weighted by Gasteiger charge is 2.30. The topological polar surface area (TPSA) is 83.3 Å². The van der Waals surface area contributed by atoms with Gasteiger partial charge in [0.25, 0.3) is 0 Å². The molecule has 2 N–H and O–H groups in total. The Morgan fingerprint density at radius 1 is 1.17 bits per heavy atom. The van der Waals surface area contributed by atoms with Crippen LogP contribution >= 0.6 is 0 Å². The summed E-state index contributed by atoms with van der Waals surface area (Å²) >= 11 is 0. The van der Waals surface area contributed by atoms with E-state index in [1.54, 1.807) is 12.1 Å². The van der Waals surface area contributed by atoms with Crippen molar-refractivity contribution in [1.82, 2.24) is 9.97 Å². The van der Waals surface area contributed by atoms with Crippen LogP contribution < -0.4 is 0 Å². The fraction of sp³-hybridized carbons (Fsp3) is 0.118. The molecule has 0 saturated carbocycles. The van der Waals surface area contributed by atoms with E-state index in [2.05, 4.69) is 9.97 Å². The van der Waals surface area contributed by atoms with Gasteiger partial charge >= 0.3 is 5.97 Å². The summed E-state index contributed by atoms with van der Waals surface area (Å²) in [4.78, 5) is 19.3. The smallest absolute Gasteiger partial charge is 0.336 e. The van der Waals surface area contributed by atoms with E-state index in [1.165, 1.54) is 43.6 Å². The molecule has 2 aromatic heterocycles. The van der Waals surface area contributed by atoms with Crippen LogP contribution in [-0.2, 0) is 5.60 Å². The zero-order valence-corrected chi connectivity index (χ0v) is 12.2. The number of aliphatic hydroxyl groups is 1. The maximum Gasteiger partial charge on any atom is 0.336 e. The fourth-order valence-electron chi connectivity index (χ4n) is 2.52. The minimum atomic E-state index is -1.70. The van der Waals surface area contributed by atoms with Crippen LogP contribution in [0, 0.1) is 5.82 Å². The Balaban J connectivity index is 2.22. The van der Waals surface area contributed by atoms with Gasteiger partial charge in [0.1, 0.15) is 17.1 Å².